The molecule has 0 N–H and O–H groups in total. The first-order valence-electron chi connectivity index (χ1n) is 11.1. The van der Waals surface area contributed by atoms with E-state index in [1.54, 1.807) is 93.8 Å². The molecule has 0 aliphatic heterocycles. The van der Waals surface area contributed by atoms with E-state index in [-0.39, 0.29) is 18.2 Å². The summed E-state index contributed by atoms with van der Waals surface area (Å²) >= 11 is 0. The van der Waals surface area contributed by atoms with Gasteiger partial charge in [0.2, 0.25) is 0 Å². The number of rotatable bonds is 10. The minimum atomic E-state index is -1.26. The lowest BCUT2D eigenvalue weighted by molar-refractivity contribution is -0.154. The Balaban J connectivity index is 1.97. The molecular formula is C28H29O5P. The van der Waals surface area contributed by atoms with Crippen molar-refractivity contribution in [3.63, 3.8) is 0 Å². The predicted octanol–water partition coefficient (Wildman–Crippen LogP) is 4.75. The van der Waals surface area contributed by atoms with Crippen LogP contribution in [0.1, 0.15) is 41.3 Å². The van der Waals surface area contributed by atoms with Crippen molar-refractivity contribution < 1.29 is 23.9 Å². The third kappa shape index (κ3) is 6.18. The summed E-state index contributed by atoms with van der Waals surface area (Å²) in [5, 5.41) is 0.932. The minimum Gasteiger partial charge on any atom is -0.497 e. The van der Waals surface area contributed by atoms with Crippen LogP contribution in [-0.2, 0) is 20.9 Å². The van der Waals surface area contributed by atoms with Crippen molar-refractivity contribution in [3.05, 3.63) is 95.6 Å². The molecule has 0 saturated heterocycles. The van der Waals surface area contributed by atoms with Crippen molar-refractivity contribution in [2.24, 2.45) is 11.8 Å². The van der Waals surface area contributed by atoms with Gasteiger partial charge in [-0.15, -0.1) is 9.24 Å². The number of hydrogen-bond acceptors (Lipinski definition) is 5. The zero-order chi connectivity index (χ0) is 24.7. The lowest BCUT2D eigenvalue weighted by atomic mass is 9.76. The van der Waals surface area contributed by atoms with E-state index in [0.29, 0.717) is 16.9 Å². The average molecular weight is 477 g/mol. The Morgan fingerprint density at radius 3 is 2.03 bits per heavy atom. The summed E-state index contributed by atoms with van der Waals surface area (Å²) in [6.07, 6.45) is 0. The number of Topliss-reactive ketones (excluding diaryl/α,β-unsaturated/α-hetero) is 2. The molecule has 0 bridgehead atoms. The highest BCUT2D eigenvalue weighted by Gasteiger charge is 2.42. The van der Waals surface area contributed by atoms with Crippen molar-refractivity contribution in [2.75, 3.05) is 7.11 Å². The van der Waals surface area contributed by atoms with Crippen LogP contribution < -0.4 is 10.0 Å². The number of hydrogen-bond donors (Lipinski definition) is 0. The van der Waals surface area contributed by atoms with Crippen LogP contribution in [-0.4, -0.2) is 24.6 Å². The number of carbonyl (C=O) groups excluding carboxylic acids is 3. The normalized spacial score (nSPS) is 12.6. The van der Waals surface area contributed by atoms with Gasteiger partial charge in [0.15, 0.2) is 11.6 Å². The van der Waals surface area contributed by atoms with Gasteiger partial charge in [-0.3, -0.25) is 14.4 Å². The molecular weight excluding hydrogens is 447 g/mol. The summed E-state index contributed by atoms with van der Waals surface area (Å²) in [6.45, 7) is 3.44. The molecule has 176 valence electrons. The number of ketones is 2. The number of carbonyl (C=O) groups is 3. The van der Waals surface area contributed by atoms with E-state index in [0.717, 1.165) is 10.9 Å². The first kappa shape index (κ1) is 25.3. The van der Waals surface area contributed by atoms with Crippen LogP contribution in [0.5, 0.6) is 5.75 Å². The number of ether oxygens (including phenoxy) is 2. The van der Waals surface area contributed by atoms with Gasteiger partial charge >= 0.3 is 5.97 Å². The Morgan fingerprint density at radius 1 is 0.853 bits per heavy atom. The molecule has 0 fully saturated rings. The van der Waals surface area contributed by atoms with E-state index >= 15 is 0 Å². The first-order chi connectivity index (χ1) is 16.3. The van der Waals surface area contributed by atoms with Crippen LogP contribution in [0, 0.1) is 11.8 Å². The van der Waals surface area contributed by atoms with E-state index < -0.39 is 23.7 Å². The number of benzene rings is 3. The van der Waals surface area contributed by atoms with Crippen molar-refractivity contribution >= 4 is 32.1 Å². The van der Waals surface area contributed by atoms with Gasteiger partial charge in [0.05, 0.1) is 13.0 Å². The molecule has 34 heavy (non-hydrogen) atoms. The van der Waals surface area contributed by atoms with Gasteiger partial charge in [-0.05, 0) is 28.6 Å². The highest BCUT2D eigenvalue weighted by atomic mass is 31.0. The molecule has 5 nitrogen and oxygen atoms in total. The second kappa shape index (κ2) is 11.7. The fourth-order valence-electron chi connectivity index (χ4n) is 3.72. The van der Waals surface area contributed by atoms with Crippen LogP contribution in [0.3, 0.4) is 0 Å². The lowest BCUT2D eigenvalue weighted by Gasteiger charge is -2.26. The Hall–Kier alpha value is -3.30. The second-order valence-corrected chi connectivity index (χ2v) is 9.03. The van der Waals surface area contributed by atoms with E-state index in [1.165, 1.54) is 0 Å². The van der Waals surface area contributed by atoms with Crippen molar-refractivity contribution in [1.82, 2.24) is 0 Å². The van der Waals surface area contributed by atoms with Crippen molar-refractivity contribution in [3.8, 4) is 5.75 Å². The summed E-state index contributed by atoms with van der Waals surface area (Å²) in [6, 6.07) is 23.1. The van der Waals surface area contributed by atoms with Gasteiger partial charge in [0, 0.05) is 11.5 Å². The molecule has 0 saturated carbocycles. The topological polar surface area (TPSA) is 69.7 Å². The molecule has 3 aromatic rings. The largest absolute Gasteiger partial charge is 0.497 e. The Kier molecular flexibility index (Phi) is 8.72. The standard InChI is InChI=1S/C28H29O5P/c1-18(2)26(29)25(28(31)33-17-19-9-13-22(32-3)14-10-19)24(20-7-5-4-6-8-20)27(30)21-11-15-23(34)16-12-21/h4-16,18,24-25H,17,34H2,1-3H3. The van der Waals surface area contributed by atoms with Crippen molar-refractivity contribution in [2.45, 2.75) is 26.4 Å². The van der Waals surface area contributed by atoms with Crippen molar-refractivity contribution in [1.29, 1.82) is 0 Å². The first-order valence-corrected chi connectivity index (χ1v) is 11.7. The third-order valence-corrected chi connectivity index (χ3v) is 6.02. The maximum Gasteiger partial charge on any atom is 0.317 e. The molecule has 0 amide bonds. The number of esters is 1. The molecule has 0 radical (unpaired) electrons. The summed E-state index contributed by atoms with van der Waals surface area (Å²) in [7, 11) is 4.15. The molecule has 3 rings (SSSR count). The molecule has 3 unspecified atom stereocenters. The summed E-state index contributed by atoms with van der Waals surface area (Å²) in [5.74, 6) is -3.35. The molecule has 0 aliphatic rings. The fraction of sp³-hybridized carbons (Fsp3) is 0.250. The zero-order valence-corrected chi connectivity index (χ0v) is 20.7. The molecule has 0 aromatic heterocycles. The minimum absolute atomic E-state index is 0.0117. The monoisotopic (exact) mass is 476 g/mol. The van der Waals surface area contributed by atoms with Crippen LogP contribution in [0.2, 0.25) is 0 Å². The predicted molar refractivity (Wildman–Crippen MR) is 135 cm³/mol. The highest BCUT2D eigenvalue weighted by Crippen LogP contribution is 2.32. The van der Waals surface area contributed by atoms with E-state index in [9.17, 15) is 14.4 Å². The summed E-state index contributed by atoms with van der Waals surface area (Å²) in [4.78, 5) is 40.4. The van der Waals surface area contributed by atoms with Crippen LogP contribution in [0.15, 0.2) is 78.9 Å². The quantitative estimate of drug-likeness (QED) is 0.183. The number of methoxy groups -OCH3 is 1. The molecule has 0 heterocycles. The fourth-order valence-corrected chi connectivity index (χ4v) is 3.92. The van der Waals surface area contributed by atoms with Gasteiger partial charge < -0.3 is 9.47 Å². The van der Waals surface area contributed by atoms with Gasteiger partial charge in [-0.2, -0.15) is 0 Å². The summed E-state index contributed by atoms with van der Waals surface area (Å²) in [5.41, 5.74) is 1.79. The van der Waals surface area contributed by atoms with E-state index in [2.05, 4.69) is 9.24 Å². The van der Waals surface area contributed by atoms with Crippen LogP contribution in [0.25, 0.3) is 0 Å². The van der Waals surface area contributed by atoms with Gasteiger partial charge in [-0.25, -0.2) is 0 Å². The zero-order valence-electron chi connectivity index (χ0n) is 19.6. The second-order valence-electron chi connectivity index (χ2n) is 8.37. The molecule has 3 aromatic carbocycles. The highest BCUT2D eigenvalue weighted by molar-refractivity contribution is 7.27. The lowest BCUT2D eigenvalue weighted by Crippen LogP contribution is -2.38. The van der Waals surface area contributed by atoms with Crippen LogP contribution >= 0.6 is 9.24 Å². The maximum absolute atomic E-state index is 13.7. The van der Waals surface area contributed by atoms with Gasteiger partial charge in [-0.1, -0.05) is 80.6 Å². The smallest absolute Gasteiger partial charge is 0.317 e. The SMILES string of the molecule is COc1ccc(COC(=O)C(C(=O)C(C)C)C(C(=O)c2ccc(P)cc2)c2ccccc2)cc1. The van der Waals surface area contributed by atoms with E-state index in [4.69, 9.17) is 9.47 Å². The maximum atomic E-state index is 13.7. The molecule has 0 aliphatic carbocycles. The van der Waals surface area contributed by atoms with E-state index in [1.807, 2.05) is 6.07 Å². The molecule has 6 heteroatoms. The molecule has 3 atom stereocenters. The van der Waals surface area contributed by atoms with Crippen LogP contribution in [0.4, 0.5) is 0 Å². The average Bonchev–Trinajstić information content (AvgIpc) is 2.86. The van der Waals surface area contributed by atoms with Gasteiger partial charge in [0.25, 0.3) is 0 Å². The molecule has 0 spiro atoms. The summed E-state index contributed by atoms with van der Waals surface area (Å²) < 4.78 is 10.7. The Labute approximate surface area is 202 Å². The Morgan fingerprint density at radius 2 is 1.47 bits per heavy atom. The van der Waals surface area contributed by atoms with Gasteiger partial charge in [0.1, 0.15) is 18.3 Å². The Bertz CT molecular complexity index is 1120. The third-order valence-electron chi connectivity index (χ3n) is 5.64.